The molecule has 0 aliphatic carbocycles. The molecule has 0 unspecified atom stereocenters. The number of benzene rings is 4. The molecule has 4 aromatic rings. The molecule has 0 aliphatic rings. The Bertz CT molecular complexity index is 837. The normalized spacial score (nSPS) is 9.83. The largest absolute Gasteiger partial charge is 0.235 e. The van der Waals surface area contributed by atoms with Gasteiger partial charge in [0.15, 0.2) is 0 Å². The molecule has 2 radical (unpaired) electrons. The maximum absolute atomic E-state index is 3.35. The van der Waals surface area contributed by atoms with E-state index in [9.17, 15) is 0 Å². The summed E-state index contributed by atoms with van der Waals surface area (Å²) in [6.45, 7) is 0. The molecule has 4 rings (SSSR count). The van der Waals surface area contributed by atoms with E-state index in [1.807, 2.05) is 48.5 Å². The van der Waals surface area contributed by atoms with E-state index in [-0.39, 0.29) is 65.4 Å². The topological polar surface area (TPSA) is 0 Å². The van der Waals surface area contributed by atoms with Crippen LogP contribution in [0.25, 0.3) is 33.0 Å². The molecule has 0 N–H and O–H groups in total. The van der Waals surface area contributed by atoms with Gasteiger partial charge in [-0.25, -0.2) is 34.4 Å². The minimum atomic E-state index is 0. The van der Waals surface area contributed by atoms with E-state index < -0.39 is 0 Å². The van der Waals surface area contributed by atoms with Crippen molar-refractivity contribution in [2.45, 2.75) is 0 Å². The van der Waals surface area contributed by atoms with Gasteiger partial charge in [0.25, 0.3) is 0 Å². The summed E-state index contributed by atoms with van der Waals surface area (Å²) in [5.74, 6) is 0. The minimum absolute atomic E-state index is 0. The first-order valence-electron chi connectivity index (χ1n) is 7.21. The third-order valence-electron chi connectivity index (χ3n) is 3.70. The Morgan fingerprint density at radius 2 is 0.958 bits per heavy atom. The van der Waals surface area contributed by atoms with Gasteiger partial charge in [0.1, 0.15) is 0 Å². The van der Waals surface area contributed by atoms with Crippen LogP contribution in [0.4, 0.5) is 0 Å². The molecule has 0 nitrogen and oxygen atoms in total. The van der Waals surface area contributed by atoms with Gasteiger partial charge in [0.05, 0.1) is 0 Å². The predicted octanol–water partition coefficient (Wildman–Crippen LogP) is 5.37. The van der Waals surface area contributed by atoms with Crippen LogP contribution >= 0.6 is 0 Å². The molecule has 0 saturated heterocycles. The third-order valence-corrected chi connectivity index (χ3v) is 3.70. The fraction of sp³-hybridized carbons (Fsp3) is 0. The van der Waals surface area contributed by atoms with Gasteiger partial charge in [-0.1, -0.05) is 0 Å². The maximum atomic E-state index is 3.35. The Kier molecular flexibility index (Phi) is 7.51. The summed E-state index contributed by atoms with van der Waals surface area (Å²) in [4.78, 5) is 0. The van der Waals surface area contributed by atoms with Gasteiger partial charge < -0.3 is 0 Å². The number of hydrogen-bond acceptors (Lipinski definition) is 0. The van der Waals surface area contributed by atoms with Gasteiger partial charge in [-0.2, -0.15) is 83.6 Å². The Morgan fingerprint density at radius 3 is 1.33 bits per heavy atom. The Labute approximate surface area is 193 Å². The first-order valence-corrected chi connectivity index (χ1v) is 7.21. The molecular weight excluding hydrogens is 442 g/mol. The van der Waals surface area contributed by atoms with Crippen LogP contribution in [-0.4, -0.2) is 0 Å². The van der Waals surface area contributed by atoms with Gasteiger partial charge in [0.2, 0.25) is 0 Å². The first-order chi connectivity index (χ1) is 10.9. The molecule has 4 aromatic carbocycles. The average Bonchev–Trinajstić information content (AvgIpc) is 2.62. The fourth-order valence-electron chi connectivity index (χ4n) is 2.55. The molecule has 0 aliphatic heterocycles. The van der Waals surface area contributed by atoms with E-state index in [1.54, 1.807) is 0 Å². The molecule has 110 valence electrons. The molecule has 2 heteroatoms. The zero-order valence-corrected chi connectivity index (χ0v) is 18.8. The summed E-state index contributed by atoms with van der Waals surface area (Å²) in [7, 11) is 0. The van der Waals surface area contributed by atoms with Crippen molar-refractivity contribution in [3.8, 4) is 22.3 Å². The van der Waals surface area contributed by atoms with Crippen LogP contribution in [0.3, 0.4) is 0 Å². The van der Waals surface area contributed by atoms with Crippen molar-refractivity contribution in [2.24, 2.45) is 0 Å². The molecule has 0 bridgehead atoms. The first kappa shape index (κ1) is 19.7. The monoisotopic (exact) mass is 454 g/mol. The van der Waals surface area contributed by atoms with E-state index in [2.05, 4.69) is 48.5 Å². The van der Waals surface area contributed by atoms with Gasteiger partial charge in [-0.3, -0.25) is 0 Å². The average molecular weight is 454 g/mol. The minimum Gasteiger partial charge on any atom is -0.235 e. The van der Waals surface area contributed by atoms with Gasteiger partial charge in [-0.05, 0) is 0 Å². The van der Waals surface area contributed by atoms with Gasteiger partial charge in [-0.15, -0.1) is 12.1 Å². The Balaban J connectivity index is 0.00000104. The van der Waals surface area contributed by atoms with Crippen molar-refractivity contribution in [1.82, 2.24) is 0 Å². The summed E-state index contributed by atoms with van der Waals surface area (Å²) >= 11 is 0. The molecule has 0 saturated carbocycles. The molecule has 0 aromatic heterocycles. The summed E-state index contributed by atoms with van der Waals surface area (Å²) < 4.78 is 0. The Morgan fingerprint density at radius 1 is 0.500 bits per heavy atom. The second kappa shape index (κ2) is 9.16. The fourth-order valence-corrected chi connectivity index (χ4v) is 2.55. The van der Waals surface area contributed by atoms with Crippen LogP contribution < -0.4 is 0 Å². The van der Waals surface area contributed by atoms with E-state index in [0.29, 0.717) is 0 Å². The zero-order valence-electron chi connectivity index (χ0n) is 13.1. The van der Waals surface area contributed by atoms with Gasteiger partial charge in [0, 0.05) is 65.4 Å². The standard InChI is InChI=1S/C22H12.2Y/c1-3-7-17(8-4-1)19-11-13-22-16-20(12-14-21(22)15-19)18-9-5-2-6-10-18;;/h1-7,9,13-16H;;/q-4;;. The Hall–Kier alpha value is -0.652. The van der Waals surface area contributed by atoms with Crippen molar-refractivity contribution in [2.75, 3.05) is 0 Å². The van der Waals surface area contributed by atoms with E-state index in [0.717, 1.165) is 33.0 Å². The third kappa shape index (κ3) is 4.30. The maximum Gasteiger partial charge on any atom is 0 e. The predicted molar refractivity (Wildman–Crippen MR) is 90.2 cm³/mol. The van der Waals surface area contributed by atoms with Crippen LogP contribution in [-0.2, 0) is 65.4 Å². The molecule has 0 spiro atoms. The second-order valence-corrected chi connectivity index (χ2v) is 5.16. The molecule has 0 amide bonds. The van der Waals surface area contributed by atoms with E-state index >= 15 is 0 Å². The van der Waals surface area contributed by atoms with Crippen LogP contribution in [0.2, 0.25) is 0 Å². The SMILES string of the molecule is [Y].[Y].[c-]1ccccc1-c1[c-]cc2cc(-c3[c-]cccc3)[c-]cc2c1. The van der Waals surface area contributed by atoms with Crippen molar-refractivity contribution < 1.29 is 65.4 Å². The molecule has 0 heterocycles. The molecular formula is C22H12Y2-4. The van der Waals surface area contributed by atoms with Crippen molar-refractivity contribution in [3.63, 3.8) is 0 Å². The second-order valence-electron chi connectivity index (χ2n) is 5.16. The smallest absolute Gasteiger partial charge is 0 e. The summed E-state index contributed by atoms with van der Waals surface area (Å²) in [6, 6.07) is 37.5. The van der Waals surface area contributed by atoms with Gasteiger partial charge >= 0.3 is 0 Å². The van der Waals surface area contributed by atoms with Crippen LogP contribution in [0.15, 0.2) is 72.8 Å². The number of hydrogen-bond donors (Lipinski definition) is 0. The van der Waals surface area contributed by atoms with Crippen LogP contribution in [0.5, 0.6) is 0 Å². The molecule has 24 heavy (non-hydrogen) atoms. The number of rotatable bonds is 2. The molecule has 0 atom stereocenters. The quantitative estimate of drug-likeness (QED) is 0.358. The summed E-state index contributed by atoms with van der Waals surface area (Å²) in [6.07, 6.45) is 0. The van der Waals surface area contributed by atoms with Crippen molar-refractivity contribution in [1.29, 1.82) is 0 Å². The van der Waals surface area contributed by atoms with E-state index in [1.165, 1.54) is 0 Å². The summed E-state index contributed by atoms with van der Waals surface area (Å²) in [5, 5.41) is 2.32. The van der Waals surface area contributed by atoms with Crippen molar-refractivity contribution in [3.05, 3.63) is 97.1 Å². The number of fused-ring (bicyclic) bond motifs is 1. The van der Waals surface area contributed by atoms with Crippen LogP contribution in [0, 0.1) is 24.3 Å². The van der Waals surface area contributed by atoms with Crippen molar-refractivity contribution >= 4 is 10.8 Å². The van der Waals surface area contributed by atoms with Crippen LogP contribution in [0.1, 0.15) is 0 Å². The molecule has 0 fully saturated rings. The van der Waals surface area contributed by atoms with E-state index in [4.69, 9.17) is 0 Å². The zero-order chi connectivity index (χ0) is 14.8. The summed E-state index contributed by atoms with van der Waals surface area (Å²) in [5.41, 5.74) is 4.23.